The lowest BCUT2D eigenvalue weighted by atomic mass is 9.78. The highest BCUT2D eigenvalue weighted by atomic mass is 32.2. The zero-order valence-electron chi connectivity index (χ0n) is 21.9. The number of nitrogens with zero attached hydrogens (tertiary/aromatic N) is 3. The molecule has 3 heterocycles. The topological polar surface area (TPSA) is 92.3 Å². The Balaban J connectivity index is 1.57. The molecule has 0 unspecified atom stereocenters. The van der Waals surface area contributed by atoms with Crippen molar-refractivity contribution in [2.24, 2.45) is 17.8 Å². The first-order chi connectivity index (χ1) is 17.7. The maximum Gasteiger partial charge on any atom is 0.252 e. The Hall–Kier alpha value is -2.84. The van der Waals surface area contributed by atoms with Gasteiger partial charge in [-0.25, -0.2) is 13.4 Å². The highest BCUT2D eigenvalue weighted by Crippen LogP contribution is 2.32. The molecule has 3 aromatic rings. The lowest BCUT2D eigenvalue weighted by Gasteiger charge is -2.34. The predicted molar refractivity (Wildman–Crippen MR) is 146 cm³/mol. The molecule has 0 radical (unpaired) electrons. The standard InChI is InChI=1S/C29H36N4O3S/c1-19-12-15-33(16-13-19)37(35,36)22-10-11-26-23(17-22)24(18-28(31-26)27-8-4-5-14-30-27)29(34)32-25-9-6-7-20(2)21(25)3/h4-5,8,10-11,14,17-21,25H,6-7,9,12-13,15-16H2,1-3H3,(H,32,34)/t20-,21+,25+/m0/s1. The van der Waals surface area contributed by atoms with E-state index in [9.17, 15) is 13.2 Å². The van der Waals surface area contributed by atoms with Gasteiger partial charge in [-0.3, -0.25) is 9.78 Å². The third-order valence-electron chi connectivity index (χ3n) is 8.36. The van der Waals surface area contributed by atoms with Crippen LogP contribution in [-0.4, -0.2) is 47.7 Å². The van der Waals surface area contributed by atoms with Gasteiger partial charge in [-0.2, -0.15) is 4.31 Å². The monoisotopic (exact) mass is 520 g/mol. The smallest absolute Gasteiger partial charge is 0.252 e. The van der Waals surface area contributed by atoms with Gasteiger partial charge in [0.05, 0.1) is 27.4 Å². The van der Waals surface area contributed by atoms with E-state index in [1.54, 1.807) is 34.8 Å². The normalized spacial score (nSPS) is 23.7. The summed E-state index contributed by atoms with van der Waals surface area (Å²) in [6.07, 6.45) is 6.61. The summed E-state index contributed by atoms with van der Waals surface area (Å²) in [4.78, 5) is 23.1. The van der Waals surface area contributed by atoms with Crippen molar-refractivity contribution in [1.29, 1.82) is 0 Å². The minimum Gasteiger partial charge on any atom is -0.349 e. The summed E-state index contributed by atoms with van der Waals surface area (Å²) in [5.41, 5.74) is 2.26. The first-order valence-electron chi connectivity index (χ1n) is 13.4. The number of carbonyl (C=O) groups excluding carboxylic acids is 1. The van der Waals surface area contributed by atoms with E-state index < -0.39 is 10.0 Å². The first-order valence-corrected chi connectivity index (χ1v) is 14.9. The average molecular weight is 521 g/mol. The average Bonchev–Trinajstić information content (AvgIpc) is 2.91. The van der Waals surface area contributed by atoms with E-state index >= 15 is 0 Å². The number of rotatable bonds is 5. The number of hydrogen-bond acceptors (Lipinski definition) is 5. The largest absolute Gasteiger partial charge is 0.349 e. The Labute approximate surface area is 219 Å². The number of fused-ring (bicyclic) bond motifs is 1. The van der Waals surface area contributed by atoms with E-state index in [1.165, 1.54) is 6.42 Å². The summed E-state index contributed by atoms with van der Waals surface area (Å²) in [7, 11) is -3.66. The van der Waals surface area contributed by atoms with Crippen LogP contribution in [-0.2, 0) is 10.0 Å². The van der Waals surface area contributed by atoms with Crippen LogP contribution in [0.4, 0.5) is 0 Å². The van der Waals surface area contributed by atoms with E-state index in [2.05, 4.69) is 31.1 Å². The molecule has 2 aliphatic rings. The van der Waals surface area contributed by atoms with Gasteiger partial charge in [0.1, 0.15) is 0 Å². The zero-order valence-corrected chi connectivity index (χ0v) is 22.7. The lowest BCUT2D eigenvalue weighted by Crippen LogP contribution is -2.43. The van der Waals surface area contributed by atoms with Crippen LogP contribution in [0.2, 0.25) is 0 Å². The van der Waals surface area contributed by atoms with Crippen molar-refractivity contribution < 1.29 is 13.2 Å². The first kappa shape index (κ1) is 25.8. The van der Waals surface area contributed by atoms with Crippen molar-refractivity contribution in [1.82, 2.24) is 19.6 Å². The van der Waals surface area contributed by atoms with E-state index in [0.717, 1.165) is 25.7 Å². The van der Waals surface area contributed by atoms with Crippen LogP contribution >= 0.6 is 0 Å². The van der Waals surface area contributed by atoms with Crippen molar-refractivity contribution in [3.63, 3.8) is 0 Å². The molecule has 196 valence electrons. The molecule has 1 aliphatic carbocycles. The van der Waals surface area contributed by atoms with Gasteiger partial charge >= 0.3 is 0 Å². The summed E-state index contributed by atoms with van der Waals surface area (Å²) in [5, 5.41) is 3.81. The molecule has 2 aromatic heterocycles. The molecule has 5 rings (SSSR count). The molecular formula is C29H36N4O3S. The number of sulfonamides is 1. The lowest BCUT2D eigenvalue weighted by molar-refractivity contribution is 0.0892. The molecule has 1 amide bonds. The number of benzene rings is 1. The van der Waals surface area contributed by atoms with Crippen molar-refractivity contribution in [3.8, 4) is 11.4 Å². The third-order valence-corrected chi connectivity index (χ3v) is 10.3. The molecule has 1 aliphatic heterocycles. The second kappa shape index (κ2) is 10.5. The van der Waals surface area contributed by atoms with Gasteiger partial charge in [0.15, 0.2) is 0 Å². The van der Waals surface area contributed by atoms with Crippen LogP contribution < -0.4 is 5.32 Å². The van der Waals surface area contributed by atoms with Gasteiger partial charge in [-0.1, -0.05) is 39.7 Å². The number of hydrogen-bond donors (Lipinski definition) is 1. The Kier molecular flexibility index (Phi) is 7.32. The third kappa shape index (κ3) is 5.27. The van der Waals surface area contributed by atoms with Gasteiger partial charge in [0.25, 0.3) is 5.91 Å². The second-order valence-electron chi connectivity index (χ2n) is 10.9. The number of aromatic nitrogens is 2. The van der Waals surface area contributed by atoms with Crippen molar-refractivity contribution in [2.45, 2.75) is 63.8 Å². The van der Waals surface area contributed by atoms with E-state index in [0.29, 0.717) is 58.7 Å². The summed E-state index contributed by atoms with van der Waals surface area (Å²) < 4.78 is 28.6. The summed E-state index contributed by atoms with van der Waals surface area (Å²) in [5.74, 6) is 1.24. The maximum absolute atomic E-state index is 13.7. The van der Waals surface area contributed by atoms with Gasteiger partial charge in [-0.05, 0) is 73.4 Å². The van der Waals surface area contributed by atoms with Gasteiger partial charge in [0, 0.05) is 30.7 Å². The van der Waals surface area contributed by atoms with Gasteiger partial charge in [0.2, 0.25) is 10.0 Å². The molecule has 1 aromatic carbocycles. The summed E-state index contributed by atoms with van der Waals surface area (Å²) >= 11 is 0. The van der Waals surface area contributed by atoms with E-state index in [-0.39, 0.29) is 16.8 Å². The second-order valence-corrected chi connectivity index (χ2v) is 12.8. The van der Waals surface area contributed by atoms with Gasteiger partial charge < -0.3 is 5.32 Å². The number of piperidine rings is 1. The van der Waals surface area contributed by atoms with Gasteiger partial charge in [-0.15, -0.1) is 0 Å². The molecule has 2 fully saturated rings. The Bertz CT molecular complexity index is 1390. The molecule has 0 spiro atoms. The summed E-state index contributed by atoms with van der Waals surface area (Å²) in [6.45, 7) is 7.63. The van der Waals surface area contributed by atoms with Crippen LogP contribution in [0.25, 0.3) is 22.3 Å². The van der Waals surface area contributed by atoms with Crippen molar-refractivity contribution in [3.05, 3.63) is 54.2 Å². The van der Waals surface area contributed by atoms with Crippen LogP contribution in [0, 0.1) is 17.8 Å². The predicted octanol–water partition coefficient (Wildman–Crippen LogP) is 5.27. The zero-order chi connectivity index (χ0) is 26.2. The Morgan fingerprint density at radius 1 is 0.973 bits per heavy atom. The molecule has 0 bridgehead atoms. The van der Waals surface area contributed by atoms with E-state index in [1.807, 2.05) is 18.2 Å². The molecule has 1 N–H and O–H groups in total. The fourth-order valence-corrected chi connectivity index (χ4v) is 7.10. The van der Waals surface area contributed by atoms with Crippen LogP contribution in [0.15, 0.2) is 53.6 Å². The maximum atomic E-state index is 13.7. The highest BCUT2D eigenvalue weighted by molar-refractivity contribution is 7.89. The Morgan fingerprint density at radius 2 is 1.76 bits per heavy atom. The fraction of sp³-hybridized carbons (Fsp3) is 0.483. The fourth-order valence-electron chi connectivity index (χ4n) is 5.60. The minimum atomic E-state index is -3.66. The molecule has 3 atom stereocenters. The molecule has 1 saturated carbocycles. The van der Waals surface area contributed by atoms with Crippen LogP contribution in [0.5, 0.6) is 0 Å². The van der Waals surface area contributed by atoms with Crippen molar-refractivity contribution >= 4 is 26.8 Å². The molecular weight excluding hydrogens is 484 g/mol. The quantitative estimate of drug-likeness (QED) is 0.495. The van der Waals surface area contributed by atoms with Crippen LogP contribution in [0.3, 0.4) is 0 Å². The highest BCUT2D eigenvalue weighted by Gasteiger charge is 2.31. The molecule has 8 heteroatoms. The summed E-state index contributed by atoms with van der Waals surface area (Å²) in [6, 6.07) is 12.4. The number of amides is 1. The molecule has 1 saturated heterocycles. The van der Waals surface area contributed by atoms with Crippen molar-refractivity contribution in [2.75, 3.05) is 13.1 Å². The van der Waals surface area contributed by atoms with E-state index in [4.69, 9.17) is 4.98 Å². The van der Waals surface area contributed by atoms with Crippen LogP contribution in [0.1, 0.15) is 63.2 Å². The number of nitrogens with one attached hydrogen (secondary N) is 1. The molecule has 7 nitrogen and oxygen atoms in total. The number of pyridine rings is 2. The Morgan fingerprint density at radius 3 is 2.49 bits per heavy atom. The number of carbonyl (C=O) groups is 1. The molecule has 37 heavy (non-hydrogen) atoms. The minimum absolute atomic E-state index is 0.0834. The SMILES string of the molecule is CC1CCN(S(=O)(=O)c2ccc3nc(-c4ccccn4)cc(C(=O)N[C@@H]4CCC[C@H](C)[C@H]4C)c3c2)CC1.